The van der Waals surface area contributed by atoms with Crippen molar-refractivity contribution in [2.45, 2.75) is 19.4 Å². The third-order valence-corrected chi connectivity index (χ3v) is 6.62. The predicted molar refractivity (Wildman–Crippen MR) is 84.4 cm³/mol. The molecule has 0 saturated heterocycles. The Kier molecular flexibility index (Phi) is 3.71. The number of hydrogen-bond donors (Lipinski definition) is 0. The average Bonchev–Trinajstić information content (AvgIpc) is 2.74. The van der Waals surface area contributed by atoms with Crippen LogP contribution in [0.3, 0.4) is 0 Å². The van der Waals surface area contributed by atoms with Crippen LogP contribution in [0.25, 0.3) is 0 Å². The number of esters is 1. The van der Waals surface area contributed by atoms with E-state index in [0.717, 1.165) is 15.6 Å². The first-order valence-electron chi connectivity index (χ1n) is 6.84. The van der Waals surface area contributed by atoms with Gasteiger partial charge in [0.1, 0.15) is 0 Å². The number of ether oxygens (including phenoxy) is 1. The summed E-state index contributed by atoms with van der Waals surface area (Å²) in [4.78, 5) is 12.1. The molecule has 0 aliphatic carbocycles. The summed E-state index contributed by atoms with van der Waals surface area (Å²) in [5.74, 6) is -0.200. The zero-order chi connectivity index (χ0) is 14.9. The fourth-order valence-electron chi connectivity index (χ4n) is 2.49. The van der Waals surface area contributed by atoms with Crippen molar-refractivity contribution in [3.8, 4) is 0 Å². The summed E-state index contributed by atoms with van der Waals surface area (Å²) < 4.78 is 8.09. The summed E-state index contributed by atoms with van der Waals surface area (Å²) in [5.41, 5.74) is 1.14. The normalized spacial score (nSPS) is 21.5. The Labute approximate surface area is 131 Å². The molecule has 1 unspecified atom stereocenters. The van der Waals surface area contributed by atoms with Crippen molar-refractivity contribution < 1.29 is 9.53 Å². The number of cyclic esters (lactones) is 1. The summed E-state index contributed by atoms with van der Waals surface area (Å²) >= 11 is 0.0715. The van der Waals surface area contributed by atoms with Crippen LogP contribution in [-0.2, 0) is 15.1 Å². The van der Waals surface area contributed by atoms with E-state index in [2.05, 4.69) is 12.1 Å². The second-order valence-corrected chi connectivity index (χ2v) is 7.43. The van der Waals surface area contributed by atoms with Gasteiger partial charge < -0.3 is 0 Å². The fraction of sp³-hybridized carbons (Fsp3) is 0.167. The molecule has 3 rings (SSSR count). The molecule has 106 valence electrons. The molecule has 1 heterocycles. The molecule has 0 N–H and O–H groups in total. The van der Waals surface area contributed by atoms with E-state index in [1.54, 1.807) is 0 Å². The van der Waals surface area contributed by atoms with E-state index in [0.29, 0.717) is 0 Å². The Bertz CT molecular complexity index is 692. The molecule has 2 aromatic carbocycles. The van der Waals surface area contributed by atoms with Crippen LogP contribution in [-0.4, -0.2) is 20.9 Å². The van der Waals surface area contributed by atoms with Crippen LogP contribution in [0.15, 0.2) is 70.7 Å². The Hall–Kier alpha value is -1.83. The molecule has 1 aliphatic rings. The van der Waals surface area contributed by atoms with Crippen LogP contribution in [0, 0.1) is 0 Å². The van der Waals surface area contributed by atoms with E-state index in [-0.39, 0.29) is 20.9 Å². The van der Waals surface area contributed by atoms with Crippen LogP contribution in [0.2, 0.25) is 0 Å². The Morgan fingerprint density at radius 2 is 1.52 bits per heavy atom. The molecule has 2 nitrogen and oxygen atoms in total. The molecule has 3 heteroatoms. The zero-order valence-corrected chi connectivity index (χ0v) is 13.7. The second-order valence-electron chi connectivity index (χ2n) is 5.16. The molecule has 2 aromatic rings. The molecule has 0 bridgehead atoms. The van der Waals surface area contributed by atoms with Crippen LogP contribution in [0.1, 0.15) is 19.4 Å². The zero-order valence-electron chi connectivity index (χ0n) is 12.0. The molecule has 0 radical (unpaired) electrons. The molecule has 0 aromatic heterocycles. The van der Waals surface area contributed by atoms with Gasteiger partial charge in [0.2, 0.25) is 0 Å². The van der Waals surface area contributed by atoms with Crippen molar-refractivity contribution in [2.75, 3.05) is 0 Å². The number of benzene rings is 2. The van der Waals surface area contributed by atoms with E-state index in [1.165, 1.54) is 4.46 Å². The van der Waals surface area contributed by atoms with Gasteiger partial charge in [0.15, 0.2) is 0 Å². The van der Waals surface area contributed by atoms with Gasteiger partial charge in [0.05, 0.1) is 0 Å². The van der Waals surface area contributed by atoms with Crippen LogP contribution in [0.4, 0.5) is 0 Å². The fourth-order valence-corrected chi connectivity index (χ4v) is 4.83. The van der Waals surface area contributed by atoms with Crippen molar-refractivity contribution >= 4 is 25.4 Å². The van der Waals surface area contributed by atoms with Crippen molar-refractivity contribution in [3.63, 3.8) is 0 Å². The molecule has 1 atom stereocenters. The van der Waals surface area contributed by atoms with Crippen molar-refractivity contribution in [1.82, 2.24) is 0 Å². The third kappa shape index (κ3) is 2.55. The molecular weight excluding hydrogens is 327 g/mol. The number of rotatable bonds is 3. The third-order valence-electron chi connectivity index (χ3n) is 3.66. The molecular formula is C18H16O2Se. The summed E-state index contributed by atoms with van der Waals surface area (Å²) in [6, 6.07) is 20.3. The number of carbonyl (C=O) groups excluding carboxylic acids is 1. The standard InChI is InChI=1S/C18H16O2Se/c1-13-16(21-15-11-7-4-8-12-15)18(2,20-17(13)19)14-9-5-3-6-10-14/h3-12H,1-2H3. The summed E-state index contributed by atoms with van der Waals surface area (Å²) in [6.07, 6.45) is 0. The first kappa shape index (κ1) is 14.1. The van der Waals surface area contributed by atoms with Crippen molar-refractivity contribution in [1.29, 1.82) is 0 Å². The summed E-state index contributed by atoms with van der Waals surface area (Å²) in [5, 5.41) is 0. The van der Waals surface area contributed by atoms with Gasteiger partial charge in [0, 0.05) is 0 Å². The first-order valence-corrected chi connectivity index (χ1v) is 8.56. The first-order chi connectivity index (χ1) is 10.1. The monoisotopic (exact) mass is 344 g/mol. The van der Waals surface area contributed by atoms with Crippen molar-refractivity contribution in [3.05, 3.63) is 76.3 Å². The van der Waals surface area contributed by atoms with Gasteiger partial charge in [-0.2, -0.15) is 0 Å². The maximum atomic E-state index is 12.1. The molecule has 0 amide bonds. The van der Waals surface area contributed by atoms with E-state index in [4.69, 9.17) is 4.74 Å². The average molecular weight is 343 g/mol. The van der Waals surface area contributed by atoms with Crippen LogP contribution < -0.4 is 4.46 Å². The second kappa shape index (κ2) is 5.51. The summed E-state index contributed by atoms with van der Waals surface area (Å²) in [6.45, 7) is 3.87. The van der Waals surface area contributed by atoms with Gasteiger partial charge in [-0.25, -0.2) is 0 Å². The van der Waals surface area contributed by atoms with E-state index < -0.39 is 5.60 Å². The Morgan fingerprint density at radius 1 is 0.952 bits per heavy atom. The Morgan fingerprint density at radius 3 is 2.14 bits per heavy atom. The number of hydrogen-bond acceptors (Lipinski definition) is 2. The topological polar surface area (TPSA) is 26.3 Å². The van der Waals surface area contributed by atoms with Gasteiger partial charge in [-0.05, 0) is 0 Å². The SMILES string of the molecule is CC1=C([Se]c2ccccc2)C(C)(c2ccccc2)OC1=O. The van der Waals surface area contributed by atoms with Gasteiger partial charge in [-0.15, -0.1) is 0 Å². The number of carbonyl (C=O) groups is 1. The predicted octanol–water partition coefficient (Wildman–Crippen LogP) is 2.76. The van der Waals surface area contributed by atoms with Gasteiger partial charge in [-0.1, -0.05) is 0 Å². The molecule has 0 spiro atoms. The van der Waals surface area contributed by atoms with E-state index >= 15 is 0 Å². The minimum absolute atomic E-state index is 0.0715. The van der Waals surface area contributed by atoms with Gasteiger partial charge in [0.25, 0.3) is 0 Å². The minimum atomic E-state index is -0.641. The van der Waals surface area contributed by atoms with Crippen molar-refractivity contribution in [2.24, 2.45) is 0 Å². The van der Waals surface area contributed by atoms with Gasteiger partial charge >= 0.3 is 131 Å². The molecule has 1 aliphatic heterocycles. The van der Waals surface area contributed by atoms with E-state index in [9.17, 15) is 4.79 Å². The van der Waals surface area contributed by atoms with Crippen LogP contribution in [0.5, 0.6) is 0 Å². The summed E-state index contributed by atoms with van der Waals surface area (Å²) in [7, 11) is 0. The Balaban J connectivity index is 2.04. The quantitative estimate of drug-likeness (QED) is 0.633. The van der Waals surface area contributed by atoms with E-state index in [1.807, 2.05) is 62.4 Å². The molecule has 21 heavy (non-hydrogen) atoms. The van der Waals surface area contributed by atoms with Crippen LogP contribution >= 0.6 is 0 Å². The molecule has 0 saturated carbocycles. The van der Waals surface area contributed by atoms with Gasteiger partial charge in [-0.3, -0.25) is 0 Å². The molecule has 0 fully saturated rings. The maximum absolute atomic E-state index is 12.1.